The molecule has 2 aliphatic rings. The Hall–Kier alpha value is -1.20. The van der Waals surface area contributed by atoms with Gasteiger partial charge in [0.2, 0.25) is 5.91 Å². The molecule has 1 heterocycles. The van der Waals surface area contributed by atoms with Crippen molar-refractivity contribution < 1.29 is 13.6 Å². The fraction of sp³-hybridized carbons (Fsp3) is 0.500. The maximum Gasteiger partial charge on any atom is 0.223 e. The lowest BCUT2D eigenvalue weighted by atomic mass is 10.0. The van der Waals surface area contributed by atoms with E-state index in [0.29, 0.717) is 24.4 Å². The van der Waals surface area contributed by atoms with Crippen molar-refractivity contribution in [2.45, 2.75) is 12.3 Å². The Morgan fingerprint density at radius 1 is 1.35 bits per heavy atom. The molecule has 0 radical (unpaired) electrons. The first-order valence-electron chi connectivity index (χ1n) is 6.59. The van der Waals surface area contributed by atoms with Gasteiger partial charge in [0.25, 0.3) is 0 Å². The lowest BCUT2D eigenvalue weighted by molar-refractivity contribution is -0.122. The number of carbonyl (C=O) groups is 1. The number of hydrogen-bond donors (Lipinski definition) is 2. The molecule has 1 aliphatic carbocycles. The normalized spacial score (nSPS) is 24.5. The molecular weight excluding hydrogens is 286 g/mol. The molecule has 0 spiro atoms. The Labute approximate surface area is 122 Å². The molecule has 20 heavy (non-hydrogen) atoms. The van der Waals surface area contributed by atoms with Crippen LogP contribution < -0.4 is 10.6 Å². The highest BCUT2D eigenvalue weighted by Crippen LogP contribution is 2.48. The summed E-state index contributed by atoms with van der Waals surface area (Å²) < 4.78 is 26.7. The summed E-state index contributed by atoms with van der Waals surface area (Å²) in [4.78, 5) is 11.9. The maximum atomic E-state index is 13.6. The molecule has 3 rings (SSSR count). The molecule has 3 nitrogen and oxygen atoms in total. The second-order valence-corrected chi connectivity index (χ2v) is 5.36. The molecule has 2 fully saturated rings. The predicted octanol–water partition coefficient (Wildman–Crippen LogP) is 1.83. The molecule has 1 amide bonds. The van der Waals surface area contributed by atoms with E-state index in [1.165, 1.54) is 6.07 Å². The van der Waals surface area contributed by atoms with E-state index >= 15 is 0 Å². The van der Waals surface area contributed by atoms with Crippen LogP contribution in [0.1, 0.15) is 17.9 Å². The molecule has 1 aliphatic heterocycles. The average Bonchev–Trinajstić information content (AvgIpc) is 3.10. The number of hydrogen-bond acceptors (Lipinski definition) is 2. The summed E-state index contributed by atoms with van der Waals surface area (Å²) in [6.07, 6.45) is 0.606. The largest absolute Gasteiger partial charge is 0.355 e. The molecule has 0 aromatic heterocycles. The van der Waals surface area contributed by atoms with Crippen molar-refractivity contribution >= 4 is 18.3 Å². The van der Waals surface area contributed by atoms with E-state index in [4.69, 9.17) is 0 Å². The Balaban J connectivity index is 0.00000147. The zero-order valence-corrected chi connectivity index (χ0v) is 11.7. The average molecular weight is 303 g/mol. The van der Waals surface area contributed by atoms with Crippen LogP contribution in [0.4, 0.5) is 8.78 Å². The van der Waals surface area contributed by atoms with E-state index in [9.17, 15) is 13.6 Å². The third-order valence-electron chi connectivity index (χ3n) is 3.94. The van der Waals surface area contributed by atoms with Crippen molar-refractivity contribution in [2.75, 3.05) is 19.6 Å². The third-order valence-corrected chi connectivity index (χ3v) is 3.94. The lowest BCUT2D eigenvalue weighted by Crippen LogP contribution is -2.48. The number of amides is 1. The summed E-state index contributed by atoms with van der Waals surface area (Å²) >= 11 is 0. The monoisotopic (exact) mass is 302 g/mol. The van der Waals surface area contributed by atoms with Gasteiger partial charge in [-0.05, 0) is 24.0 Å². The van der Waals surface area contributed by atoms with E-state index < -0.39 is 11.6 Å². The highest BCUT2D eigenvalue weighted by Gasteiger charge is 2.45. The molecule has 1 aromatic rings. The summed E-state index contributed by atoms with van der Waals surface area (Å²) in [7, 11) is 0. The van der Waals surface area contributed by atoms with Crippen molar-refractivity contribution in [3.63, 3.8) is 0 Å². The molecule has 110 valence electrons. The van der Waals surface area contributed by atoms with Crippen LogP contribution in [0.5, 0.6) is 0 Å². The minimum Gasteiger partial charge on any atom is -0.355 e. The minimum absolute atomic E-state index is 0. The van der Waals surface area contributed by atoms with Crippen LogP contribution >= 0.6 is 12.4 Å². The van der Waals surface area contributed by atoms with Gasteiger partial charge in [-0.25, -0.2) is 8.78 Å². The smallest absolute Gasteiger partial charge is 0.223 e. The lowest BCUT2D eigenvalue weighted by Gasteiger charge is -2.27. The first-order chi connectivity index (χ1) is 9.16. The van der Waals surface area contributed by atoms with E-state index in [-0.39, 0.29) is 30.2 Å². The van der Waals surface area contributed by atoms with Crippen LogP contribution in [-0.2, 0) is 4.79 Å². The standard InChI is InChI=1S/C14H16F2N2O.ClH/c15-12-3-1-2-9(13(12)16)10-4-11(10)14(19)18-7-8-5-17-6-8;/h1-3,8,10-11,17H,4-7H2,(H,18,19);1H. The zero-order chi connectivity index (χ0) is 13.4. The fourth-order valence-electron chi connectivity index (χ4n) is 2.50. The maximum absolute atomic E-state index is 13.6. The second kappa shape index (κ2) is 6.06. The molecular formula is C14H17ClF2N2O. The van der Waals surface area contributed by atoms with Gasteiger partial charge >= 0.3 is 0 Å². The molecule has 1 saturated heterocycles. The Bertz CT molecular complexity index is 508. The Kier molecular flexibility index (Phi) is 4.60. The molecule has 2 N–H and O–H groups in total. The molecule has 2 unspecified atom stereocenters. The first kappa shape index (κ1) is 15.2. The van der Waals surface area contributed by atoms with Gasteiger partial charge in [-0.15, -0.1) is 12.4 Å². The predicted molar refractivity (Wildman–Crippen MR) is 73.8 cm³/mol. The van der Waals surface area contributed by atoms with E-state index in [2.05, 4.69) is 10.6 Å². The van der Waals surface area contributed by atoms with Crippen LogP contribution in [0.2, 0.25) is 0 Å². The summed E-state index contributed by atoms with van der Waals surface area (Å²) in [5.41, 5.74) is 0.325. The van der Waals surface area contributed by atoms with E-state index in [1.807, 2.05) is 0 Å². The van der Waals surface area contributed by atoms with Crippen LogP contribution in [0, 0.1) is 23.5 Å². The SMILES string of the molecule is Cl.O=C(NCC1CNC1)C1CC1c1cccc(F)c1F. The molecule has 1 saturated carbocycles. The zero-order valence-electron chi connectivity index (χ0n) is 10.9. The van der Waals surface area contributed by atoms with Gasteiger partial charge in [-0.3, -0.25) is 4.79 Å². The third kappa shape index (κ3) is 2.94. The molecule has 6 heteroatoms. The van der Waals surface area contributed by atoms with Gasteiger partial charge in [0.1, 0.15) is 0 Å². The van der Waals surface area contributed by atoms with Crippen molar-refractivity contribution in [3.05, 3.63) is 35.4 Å². The second-order valence-electron chi connectivity index (χ2n) is 5.36. The number of rotatable bonds is 4. The van der Waals surface area contributed by atoms with E-state index in [0.717, 1.165) is 19.2 Å². The summed E-state index contributed by atoms with van der Waals surface area (Å²) in [5, 5.41) is 6.02. The van der Waals surface area contributed by atoms with Crippen molar-refractivity contribution in [3.8, 4) is 0 Å². The highest BCUT2D eigenvalue weighted by atomic mass is 35.5. The Morgan fingerprint density at radius 3 is 2.75 bits per heavy atom. The highest BCUT2D eigenvalue weighted by molar-refractivity contribution is 5.85. The van der Waals surface area contributed by atoms with Crippen molar-refractivity contribution in [1.82, 2.24) is 10.6 Å². The van der Waals surface area contributed by atoms with Crippen molar-refractivity contribution in [1.29, 1.82) is 0 Å². The summed E-state index contributed by atoms with van der Waals surface area (Å²) in [6.45, 7) is 2.54. The number of benzene rings is 1. The fourth-order valence-corrected chi connectivity index (χ4v) is 2.50. The quantitative estimate of drug-likeness (QED) is 0.891. The van der Waals surface area contributed by atoms with E-state index in [1.54, 1.807) is 6.07 Å². The van der Waals surface area contributed by atoms with Crippen LogP contribution in [0.3, 0.4) is 0 Å². The molecule has 1 aromatic carbocycles. The molecule has 0 bridgehead atoms. The van der Waals surface area contributed by atoms with Gasteiger partial charge < -0.3 is 10.6 Å². The van der Waals surface area contributed by atoms with Gasteiger partial charge in [0, 0.05) is 31.5 Å². The van der Waals surface area contributed by atoms with Crippen LogP contribution in [-0.4, -0.2) is 25.5 Å². The van der Waals surface area contributed by atoms with Gasteiger partial charge in [-0.1, -0.05) is 12.1 Å². The van der Waals surface area contributed by atoms with Gasteiger partial charge in [0.15, 0.2) is 11.6 Å². The summed E-state index contributed by atoms with van der Waals surface area (Å²) in [5.74, 6) is -1.57. The molecule has 2 atom stereocenters. The topological polar surface area (TPSA) is 41.1 Å². The van der Waals surface area contributed by atoms with Crippen LogP contribution in [0.25, 0.3) is 0 Å². The van der Waals surface area contributed by atoms with Crippen molar-refractivity contribution in [2.24, 2.45) is 11.8 Å². The Morgan fingerprint density at radius 2 is 2.10 bits per heavy atom. The van der Waals surface area contributed by atoms with Gasteiger partial charge in [0.05, 0.1) is 0 Å². The number of nitrogens with one attached hydrogen (secondary N) is 2. The van der Waals surface area contributed by atoms with Crippen LogP contribution in [0.15, 0.2) is 18.2 Å². The van der Waals surface area contributed by atoms with Gasteiger partial charge in [-0.2, -0.15) is 0 Å². The minimum atomic E-state index is -0.843. The number of carbonyl (C=O) groups excluding carboxylic acids is 1. The summed E-state index contributed by atoms with van der Waals surface area (Å²) in [6, 6.07) is 4.15. The number of halogens is 3. The first-order valence-corrected chi connectivity index (χ1v) is 6.59.